The largest absolute Gasteiger partial charge is 0.373 e. The molecule has 2 aromatic heterocycles. The fourth-order valence-corrected chi connectivity index (χ4v) is 3.70. The fourth-order valence-electron chi connectivity index (χ4n) is 3.70. The molecule has 1 spiro atoms. The smallest absolute Gasteiger partial charge is 0.259 e. The third kappa shape index (κ3) is 3.37. The second-order valence-electron chi connectivity index (χ2n) is 7.00. The summed E-state index contributed by atoms with van der Waals surface area (Å²) in [6, 6.07) is 3.92. The van der Waals surface area contributed by atoms with E-state index >= 15 is 0 Å². The van der Waals surface area contributed by atoms with Gasteiger partial charge in [0.2, 0.25) is 0 Å². The zero-order valence-corrected chi connectivity index (χ0v) is 14.9. The van der Waals surface area contributed by atoms with Crippen molar-refractivity contribution in [2.75, 3.05) is 19.7 Å². The molecule has 2 aliphatic rings. The van der Waals surface area contributed by atoms with Crippen LogP contribution in [0, 0.1) is 0 Å². The van der Waals surface area contributed by atoms with Crippen LogP contribution in [0.1, 0.15) is 41.4 Å². The summed E-state index contributed by atoms with van der Waals surface area (Å²) < 4.78 is 17.2. The first-order valence-electron chi connectivity index (χ1n) is 9.06. The first kappa shape index (κ1) is 17.2. The molecule has 26 heavy (non-hydrogen) atoms. The zero-order valence-electron chi connectivity index (χ0n) is 14.9. The van der Waals surface area contributed by atoms with Gasteiger partial charge in [-0.25, -0.2) is 0 Å². The number of hydrogen-bond donors (Lipinski definition) is 0. The number of amides is 1. The normalized spacial score (nSPS) is 21.6. The third-order valence-electron chi connectivity index (χ3n) is 5.10. The number of nitrogens with zero attached hydrogens (tertiary/aromatic N) is 3. The van der Waals surface area contributed by atoms with Gasteiger partial charge < -0.3 is 18.9 Å². The van der Waals surface area contributed by atoms with Gasteiger partial charge in [0.05, 0.1) is 32.0 Å². The van der Waals surface area contributed by atoms with Gasteiger partial charge in [0.15, 0.2) is 0 Å². The second kappa shape index (κ2) is 7.17. The van der Waals surface area contributed by atoms with Crippen LogP contribution in [0.15, 0.2) is 35.2 Å². The molecule has 0 bridgehead atoms. The highest BCUT2D eigenvalue weighted by Gasteiger charge is 2.50. The van der Waals surface area contributed by atoms with Crippen LogP contribution in [0.3, 0.4) is 0 Å². The maximum atomic E-state index is 12.6. The number of rotatable bonds is 5. The van der Waals surface area contributed by atoms with Gasteiger partial charge in [0, 0.05) is 31.8 Å². The Morgan fingerprint density at radius 2 is 2.31 bits per heavy atom. The summed E-state index contributed by atoms with van der Waals surface area (Å²) >= 11 is 0. The number of carbonyl (C=O) groups is 1. The summed E-state index contributed by atoms with van der Waals surface area (Å²) in [4.78, 5) is 18.5. The van der Waals surface area contributed by atoms with Gasteiger partial charge in [-0.1, -0.05) is 18.1 Å². The van der Waals surface area contributed by atoms with Gasteiger partial charge >= 0.3 is 0 Å². The Morgan fingerprint density at radius 1 is 1.42 bits per heavy atom. The van der Waals surface area contributed by atoms with E-state index in [1.54, 1.807) is 11.1 Å². The molecule has 2 aliphatic heterocycles. The van der Waals surface area contributed by atoms with Crippen molar-refractivity contribution in [3.8, 4) is 0 Å². The Kier molecular flexibility index (Phi) is 4.74. The highest BCUT2D eigenvalue weighted by atomic mass is 16.5. The molecule has 0 N–H and O–H groups in total. The van der Waals surface area contributed by atoms with Crippen molar-refractivity contribution >= 4 is 5.91 Å². The second-order valence-corrected chi connectivity index (χ2v) is 7.00. The van der Waals surface area contributed by atoms with Gasteiger partial charge in [0.25, 0.3) is 5.91 Å². The molecule has 0 aliphatic carbocycles. The summed E-state index contributed by atoms with van der Waals surface area (Å²) in [5.74, 6) is 0.605. The molecule has 4 rings (SSSR count). The first-order chi connectivity index (χ1) is 12.7. The molecule has 1 amide bonds. The number of hydrogen-bond acceptors (Lipinski definition) is 6. The van der Waals surface area contributed by atoms with Gasteiger partial charge in [-0.05, 0) is 18.1 Å². The van der Waals surface area contributed by atoms with Crippen molar-refractivity contribution in [3.63, 3.8) is 0 Å². The Balaban J connectivity index is 1.32. The number of aromatic nitrogens is 2. The summed E-state index contributed by atoms with van der Waals surface area (Å²) in [5, 5.41) is 3.75. The molecule has 138 valence electrons. The van der Waals surface area contributed by atoms with Crippen LogP contribution in [0.2, 0.25) is 0 Å². The van der Waals surface area contributed by atoms with Crippen LogP contribution in [0.5, 0.6) is 0 Å². The summed E-state index contributed by atoms with van der Waals surface area (Å²) in [5.41, 5.74) is 1.34. The Labute approximate surface area is 152 Å². The average molecular weight is 357 g/mol. The number of aryl methyl sites for hydroxylation is 1. The van der Waals surface area contributed by atoms with E-state index in [1.807, 2.05) is 25.3 Å². The minimum absolute atomic E-state index is 0.0317. The molecular weight excluding hydrogens is 334 g/mol. The summed E-state index contributed by atoms with van der Waals surface area (Å²) in [7, 11) is 0. The Bertz CT molecular complexity index is 755. The van der Waals surface area contributed by atoms with Crippen molar-refractivity contribution in [2.24, 2.45) is 0 Å². The van der Waals surface area contributed by atoms with E-state index in [2.05, 4.69) is 10.1 Å². The van der Waals surface area contributed by atoms with E-state index in [-0.39, 0.29) is 17.6 Å². The van der Waals surface area contributed by atoms with Crippen molar-refractivity contribution < 1.29 is 18.8 Å². The van der Waals surface area contributed by atoms with E-state index in [0.29, 0.717) is 44.0 Å². The molecule has 0 unspecified atom stereocenters. The van der Waals surface area contributed by atoms with Crippen LogP contribution in [0.25, 0.3) is 0 Å². The first-order valence-corrected chi connectivity index (χ1v) is 9.06. The zero-order chi connectivity index (χ0) is 18.0. The average Bonchev–Trinajstić information content (AvgIpc) is 3.14. The molecule has 4 heterocycles. The third-order valence-corrected chi connectivity index (χ3v) is 5.10. The number of likely N-dealkylation sites (tertiary alicyclic amines) is 1. The molecular formula is C19H23N3O4. The van der Waals surface area contributed by atoms with Gasteiger partial charge in [-0.3, -0.25) is 9.78 Å². The van der Waals surface area contributed by atoms with Crippen LogP contribution in [0.4, 0.5) is 0 Å². The molecule has 0 radical (unpaired) electrons. The number of carbonyl (C=O) groups excluding carboxylic acids is 1. The lowest BCUT2D eigenvalue weighted by Gasteiger charge is -2.52. The van der Waals surface area contributed by atoms with Gasteiger partial charge in [-0.2, -0.15) is 0 Å². The quantitative estimate of drug-likeness (QED) is 0.817. The Hall–Kier alpha value is -2.25. The molecule has 0 aromatic carbocycles. The number of pyridine rings is 1. The Morgan fingerprint density at radius 3 is 3.08 bits per heavy atom. The van der Waals surface area contributed by atoms with Crippen molar-refractivity contribution in [3.05, 3.63) is 47.6 Å². The lowest BCUT2D eigenvalue weighted by Crippen LogP contribution is -2.67. The molecule has 1 atom stereocenters. The highest BCUT2D eigenvalue weighted by Crippen LogP contribution is 2.36. The topological polar surface area (TPSA) is 77.7 Å². The fraction of sp³-hybridized carbons (Fsp3) is 0.526. The van der Waals surface area contributed by atoms with Crippen LogP contribution >= 0.6 is 0 Å². The van der Waals surface area contributed by atoms with E-state index < -0.39 is 0 Å². The molecule has 2 saturated heterocycles. The summed E-state index contributed by atoms with van der Waals surface area (Å²) in [6.45, 7) is 4.34. The van der Waals surface area contributed by atoms with Crippen molar-refractivity contribution in [1.82, 2.24) is 15.0 Å². The minimum atomic E-state index is -0.281. The van der Waals surface area contributed by atoms with E-state index in [9.17, 15) is 4.79 Å². The molecule has 2 aromatic rings. The SMILES string of the molecule is CCc1oncc1C(=O)N1CC2(C[C@H](OCc3cccnc3)CCO2)C1. The standard InChI is InChI=1S/C19H23N3O4/c1-2-17-16(10-21-26-17)18(23)22-12-19(13-22)8-15(5-7-25-19)24-11-14-4-3-6-20-9-14/h3-4,6,9-10,15H,2,5,7-8,11-13H2,1H3/t15-/m1/s1. The molecule has 2 fully saturated rings. The molecule has 7 heteroatoms. The van der Waals surface area contributed by atoms with Crippen LogP contribution < -0.4 is 0 Å². The predicted molar refractivity (Wildman–Crippen MR) is 92.5 cm³/mol. The summed E-state index contributed by atoms with van der Waals surface area (Å²) in [6.07, 6.45) is 7.57. The highest BCUT2D eigenvalue weighted by molar-refractivity contribution is 5.95. The van der Waals surface area contributed by atoms with Gasteiger partial charge in [0.1, 0.15) is 16.9 Å². The molecule has 7 nitrogen and oxygen atoms in total. The van der Waals surface area contributed by atoms with E-state index in [0.717, 1.165) is 18.4 Å². The lowest BCUT2D eigenvalue weighted by atomic mass is 9.84. The van der Waals surface area contributed by atoms with Crippen LogP contribution in [-0.4, -0.2) is 52.3 Å². The maximum absolute atomic E-state index is 12.6. The van der Waals surface area contributed by atoms with Crippen molar-refractivity contribution in [2.45, 2.75) is 44.5 Å². The molecule has 0 saturated carbocycles. The maximum Gasteiger partial charge on any atom is 0.259 e. The number of ether oxygens (including phenoxy) is 2. The van der Waals surface area contributed by atoms with Crippen molar-refractivity contribution in [1.29, 1.82) is 0 Å². The minimum Gasteiger partial charge on any atom is -0.373 e. The van der Waals surface area contributed by atoms with Gasteiger partial charge in [-0.15, -0.1) is 0 Å². The van der Waals surface area contributed by atoms with Crippen LogP contribution in [-0.2, 0) is 22.5 Å². The monoisotopic (exact) mass is 357 g/mol. The van der Waals surface area contributed by atoms with E-state index in [4.69, 9.17) is 14.0 Å². The van der Waals surface area contributed by atoms with E-state index in [1.165, 1.54) is 6.20 Å². The lowest BCUT2D eigenvalue weighted by molar-refractivity contribution is -0.188. The predicted octanol–water partition coefficient (Wildman–Crippen LogP) is 2.22.